The second-order valence-corrected chi connectivity index (χ2v) is 6.44. The Hall–Kier alpha value is -3.88. The molecule has 0 fully saturated rings. The molecule has 2 aromatic carbocycles. The van der Waals surface area contributed by atoms with Crippen LogP contribution in [0.25, 0.3) is 21.7 Å². The van der Waals surface area contributed by atoms with Crippen LogP contribution in [0.2, 0.25) is 0 Å². The molecule has 4 aromatic rings. The first-order chi connectivity index (χ1) is 14.0. The minimum absolute atomic E-state index is 0.0251. The van der Waals surface area contributed by atoms with Crippen molar-refractivity contribution in [3.63, 3.8) is 0 Å². The van der Waals surface area contributed by atoms with Crippen molar-refractivity contribution in [3.8, 4) is 5.88 Å². The Morgan fingerprint density at radius 1 is 1.21 bits per heavy atom. The molecule has 0 aliphatic rings. The number of nitrogens with one attached hydrogen (secondary N) is 1. The average Bonchev–Trinajstić information content (AvgIpc) is 3.02. The molecule has 29 heavy (non-hydrogen) atoms. The molecule has 2 heterocycles. The Balaban J connectivity index is 1.81. The summed E-state index contributed by atoms with van der Waals surface area (Å²) in [5.74, 6) is -1.63. The number of hydrogen-bond acceptors (Lipinski definition) is 5. The van der Waals surface area contributed by atoms with Crippen molar-refractivity contribution in [1.29, 1.82) is 0 Å². The highest BCUT2D eigenvalue weighted by Gasteiger charge is 2.17. The van der Waals surface area contributed by atoms with Crippen molar-refractivity contribution in [1.82, 2.24) is 14.8 Å². The van der Waals surface area contributed by atoms with Crippen LogP contribution in [0.3, 0.4) is 0 Å². The van der Waals surface area contributed by atoms with Gasteiger partial charge in [0, 0.05) is 17.3 Å². The number of benzene rings is 2. The molecule has 0 unspecified atom stereocenters. The van der Waals surface area contributed by atoms with Gasteiger partial charge in [-0.05, 0) is 30.7 Å². The highest BCUT2D eigenvalue weighted by molar-refractivity contribution is 6.05. The number of H-pyrrole nitrogens is 1. The number of aromatic amines is 1. The molecule has 0 bridgehead atoms. The maximum atomic E-state index is 13.5. The quantitative estimate of drug-likeness (QED) is 0.509. The number of carbonyl (C=O) groups is 1. The van der Waals surface area contributed by atoms with Gasteiger partial charge in [0.25, 0.3) is 5.56 Å². The number of fused-ring (bicyclic) bond motifs is 2. The smallest absolute Gasteiger partial charge is 0.316 e. The molecule has 4 rings (SSSR count). The minimum Gasteiger partial charge on any atom is -0.493 e. The van der Waals surface area contributed by atoms with Gasteiger partial charge in [-0.25, -0.2) is 9.07 Å². The van der Waals surface area contributed by atoms with E-state index in [1.54, 1.807) is 24.3 Å². The lowest BCUT2D eigenvalue weighted by Crippen LogP contribution is -2.25. The van der Waals surface area contributed by atoms with Crippen LogP contribution in [-0.4, -0.2) is 25.8 Å². The van der Waals surface area contributed by atoms with E-state index in [0.717, 1.165) is 0 Å². The topological polar surface area (TPSA) is 113 Å². The molecule has 0 atom stereocenters. The van der Waals surface area contributed by atoms with E-state index < -0.39 is 11.7 Å². The van der Waals surface area contributed by atoms with E-state index in [0.29, 0.717) is 29.3 Å². The summed E-state index contributed by atoms with van der Waals surface area (Å²) in [7, 11) is 0. The Kier molecular flexibility index (Phi) is 4.63. The molecule has 8 nitrogen and oxygen atoms in total. The maximum Gasteiger partial charge on any atom is 0.316 e. The monoisotopic (exact) mass is 393 g/mol. The average molecular weight is 393 g/mol. The Morgan fingerprint density at radius 3 is 2.72 bits per heavy atom. The van der Waals surface area contributed by atoms with Crippen molar-refractivity contribution in [2.24, 2.45) is 10.2 Å². The van der Waals surface area contributed by atoms with Crippen LogP contribution in [0.1, 0.15) is 23.8 Å². The van der Waals surface area contributed by atoms with Crippen molar-refractivity contribution in [3.05, 3.63) is 64.3 Å². The lowest BCUT2D eigenvalue weighted by molar-refractivity contribution is 0.0989. The van der Waals surface area contributed by atoms with E-state index in [9.17, 15) is 19.1 Å². The zero-order valence-corrected chi connectivity index (χ0v) is 15.4. The van der Waals surface area contributed by atoms with Crippen molar-refractivity contribution >= 4 is 33.3 Å². The largest absolute Gasteiger partial charge is 0.493 e. The van der Waals surface area contributed by atoms with E-state index in [2.05, 4.69) is 20.3 Å². The summed E-state index contributed by atoms with van der Waals surface area (Å²) < 4.78 is 14.8. The lowest BCUT2D eigenvalue weighted by atomic mass is 10.1. The van der Waals surface area contributed by atoms with Gasteiger partial charge in [-0.2, -0.15) is 5.10 Å². The molecule has 1 amide bonds. The van der Waals surface area contributed by atoms with Crippen molar-refractivity contribution in [2.45, 2.75) is 19.9 Å². The number of nitrogens with zero attached hydrogens (tertiary/aromatic N) is 4. The number of halogens is 1. The fourth-order valence-corrected chi connectivity index (χ4v) is 3.14. The molecular weight excluding hydrogens is 377 g/mol. The van der Waals surface area contributed by atoms with E-state index in [4.69, 9.17) is 0 Å². The van der Waals surface area contributed by atoms with Crippen molar-refractivity contribution < 1.29 is 14.3 Å². The van der Waals surface area contributed by atoms with Crippen LogP contribution >= 0.6 is 0 Å². The third-order valence-corrected chi connectivity index (χ3v) is 4.46. The molecule has 0 aliphatic carbocycles. The first-order valence-electron chi connectivity index (χ1n) is 8.95. The zero-order valence-electron chi connectivity index (χ0n) is 15.4. The Labute approximate surface area is 163 Å². The molecular formula is C20H16FN5O3. The van der Waals surface area contributed by atoms with E-state index in [-0.39, 0.29) is 28.2 Å². The summed E-state index contributed by atoms with van der Waals surface area (Å²) in [5, 5.41) is 22.7. The molecule has 0 aliphatic heterocycles. The first kappa shape index (κ1) is 18.5. The van der Waals surface area contributed by atoms with E-state index in [1.807, 2.05) is 6.92 Å². The number of azo groups is 1. The summed E-state index contributed by atoms with van der Waals surface area (Å²) in [5.41, 5.74) is 0.0769. The van der Waals surface area contributed by atoms with Crippen LogP contribution < -0.4 is 5.56 Å². The first-order valence-corrected chi connectivity index (χ1v) is 8.95. The van der Waals surface area contributed by atoms with E-state index >= 15 is 0 Å². The number of hydrogen-bond donors (Lipinski definition) is 2. The van der Waals surface area contributed by atoms with Crippen LogP contribution in [-0.2, 0) is 6.54 Å². The fraction of sp³-hybridized carbons (Fsp3) is 0.150. The number of rotatable bonds is 4. The summed E-state index contributed by atoms with van der Waals surface area (Å²) >= 11 is 0. The highest BCUT2D eigenvalue weighted by atomic mass is 19.1. The summed E-state index contributed by atoms with van der Waals surface area (Å²) in [6.07, 6.45) is 0.662. The Morgan fingerprint density at radius 2 is 1.97 bits per heavy atom. The molecule has 2 N–H and O–H groups in total. The molecule has 0 saturated heterocycles. The second kappa shape index (κ2) is 7.27. The van der Waals surface area contributed by atoms with Crippen LogP contribution in [0.5, 0.6) is 5.88 Å². The second-order valence-electron chi connectivity index (χ2n) is 6.44. The van der Waals surface area contributed by atoms with Gasteiger partial charge >= 0.3 is 5.91 Å². The molecule has 0 spiro atoms. The van der Waals surface area contributed by atoms with Gasteiger partial charge in [-0.1, -0.05) is 25.1 Å². The van der Waals surface area contributed by atoms with Crippen molar-refractivity contribution in [2.75, 3.05) is 0 Å². The molecule has 146 valence electrons. The maximum absolute atomic E-state index is 13.5. The SMILES string of the molecule is CCCn1nc(C(=O)N=Nc2c(O)[nH]c3ccc(F)cc23)c2ccccc2c1=O. The van der Waals surface area contributed by atoms with Gasteiger partial charge in [0.1, 0.15) is 5.82 Å². The fourth-order valence-electron chi connectivity index (χ4n) is 3.14. The highest BCUT2D eigenvalue weighted by Crippen LogP contribution is 2.35. The van der Waals surface area contributed by atoms with E-state index in [1.165, 1.54) is 22.9 Å². The molecule has 2 aromatic heterocycles. The number of amides is 1. The van der Waals surface area contributed by atoms with Crippen LogP contribution in [0.15, 0.2) is 57.5 Å². The third-order valence-electron chi connectivity index (χ3n) is 4.46. The van der Waals surface area contributed by atoms with Gasteiger partial charge in [-0.3, -0.25) is 9.59 Å². The zero-order chi connectivity index (χ0) is 20.5. The number of aryl methyl sites for hydroxylation is 1. The van der Waals surface area contributed by atoms with Gasteiger partial charge in [-0.15, -0.1) is 10.2 Å². The van der Waals surface area contributed by atoms with Gasteiger partial charge in [0.05, 0.1) is 10.9 Å². The Bertz CT molecular complexity index is 1340. The summed E-state index contributed by atoms with van der Waals surface area (Å²) in [4.78, 5) is 27.9. The lowest BCUT2D eigenvalue weighted by Gasteiger charge is -2.07. The van der Waals surface area contributed by atoms with Crippen LogP contribution in [0, 0.1) is 5.82 Å². The summed E-state index contributed by atoms with van der Waals surface area (Å²) in [6, 6.07) is 10.5. The predicted molar refractivity (Wildman–Crippen MR) is 105 cm³/mol. The van der Waals surface area contributed by atoms with Gasteiger partial charge < -0.3 is 10.1 Å². The number of aromatic hydroxyl groups is 1. The predicted octanol–water partition coefficient (Wildman–Crippen LogP) is 4.06. The summed E-state index contributed by atoms with van der Waals surface area (Å²) in [6.45, 7) is 2.24. The molecule has 0 radical (unpaired) electrons. The van der Waals surface area contributed by atoms with Gasteiger partial charge in [0.15, 0.2) is 11.4 Å². The molecule has 9 heteroatoms. The normalized spacial score (nSPS) is 11.7. The minimum atomic E-state index is -0.781. The molecule has 0 saturated carbocycles. The third kappa shape index (κ3) is 3.27. The number of carbonyl (C=O) groups excluding carboxylic acids is 1. The number of aromatic nitrogens is 3. The standard InChI is InChI=1S/C20H16FN5O3/c1-2-9-26-20(29)13-6-4-3-5-12(13)17(25-26)19(28)24-23-16-14-10-11(21)7-8-15(14)22-18(16)27/h3-8,10,22,27H,2,9H2,1H3. The van der Waals surface area contributed by atoms with Gasteiger partial charge in [0.2, 0.25) is 5.88 Å². The van der Waals surface area contributed by atoms with Crippen LogP contribution in [0.4, 0.5) is 10.1 Å².